The highest BCUT2D eigenvalue weighted by Gasteiger charge is 2.32. The average Bonchev–Trinajstić information content (AvgIpc) is 2.69. The van der Waals surface area contributed by atoms with Gasteiger partial charge in [-0.05, 0) is 30.0 Å². The van der Waals surface area contributed by atoms with Gasteiger partial charge in [0.25, 0.3) is 0 Å². The normalized spacial score (nSPS) is 18.2. The third-order valence-corrected chi connectivity index (χ3v) is 3.55. The first kappa shape index (κ1) is 10.3. The van der Waals surface area contributed by atoms with Gasteiger partial charge in [-0.15, -0.1) is 0 Å². The van der Waals surface area contributed by atoms with E-state index < -0.39 is 0 Å². The van der Waals surface area contributed by atoms with Crippen molar-refractivity contribution in [1.29, 1.82) is 0 Å². The number of carbonyl (C=O) groups is 1. The van der Waals surface area contributed by atoms with E-state index in [1.165, 1.54) is 5.56 Å². The SMILES string of the molecule is Cc1cccc2c1C(=O)C(c1ccccc1)C2. The predicted octanol–water partition coefficient (Wildman–Crippen LogP) is 3.52. The molecule has 0 aliphatic heterocycles. The minimum atomic E-state index is 0.0206. The average molecular weight is 222 g/mol. The maximum Gasteiger partial charge on any atom is 0.171 e. The molecule has 0 aromatic heterocycles. The van der Waals surface area contributed by atoms with Crippen LogP contribution in [0.25, 0.3) is 0 Å². The van der Waals surface area contributed by atoms with Crippen molar-refractivity contribution in [2.75, 3.05) is 0 Å². The predicted molar refractivity (Wildman–Crippen MR) is 68.4 cm³/mol. The highest BCUT2D eigenvalue weighted by molar-refractivity contribution is 6.06. The van der Waals surface area contributed by atoms with Crippen molar-refractivity contribution < 1.29 is 4.79 Å². The molecule has 0 N–H and O–H groups in total. The monoisotopic (exact) mass is 222 g/mol. The Morgan fingerprint density at radius 1 is 1.00 bits per heavy atom. The van der Waals surface area contributed by atoms with Crippen LogP contribution in [0.15, 0.2) is 48.5 Å². The maximum absolute atomic E-state index is 12.4. The Labute approximate surface area is 101 Å². The van der Waals surface area contributed by atoms with Gasteiger partial charge < -0.3 is 0 Å². The van der Waals surface area contributed by atoms with Gasteiger partial charge in [0, 0.05) is 5.56 Å². The van der Waals surface area contributed by atoms with Gasteiger partial charge in [-0.2, -0.15) is 0 Å². The van der Waals surface area contributed by atoms with Gasteiger partial charge in [-0.1, -0.05) is 48.5 Å². The largest absolute Gasteiger partial charge is 0.293 e. The highest BCUT2D eigenvalue weighted by atomic mass is 16.1. The summed E-state index contributed by atoms with van der Waals surface area (Å²) in [7, 11) is 0. The van der Waals surface area contributed by atoms with Crippen LogP contribution in [0.3, 0.4) is 0 Å². The number of hydrogen-bond acceptors (Lipinski definition) is 1. The van der Waals surface area contributed by atoms with Gasteiger partial charge >= 0.3 is 0 Å². The number of Topliss-reactive ketones (excluding diaryl/α,β-unsaturated/α-hetero) is 1. The first-order valence-electron chi connectivity index (χ1n) is 5.95. The Balaban J connectivity index is 2.06. The Hall–Kier alpha value is -1.89. The fourth-order valence-corrected chi connectivity index (χ4v) is 2.69. The number of rotatable bonds is 1. The van der Waals surface area contributed by atoms with Crippen molar-refractivity contribution in [3.05, 3.63) is 70.8 Å². The summed E-state index contributed by atoms with van der Waals surface area (Å²) in [5, 5.41) is 0. The van der Waals surface area contributed by atoms with Crippen LogP contribution < -0.4 is 0 Å². The second-order valence-electron chi connectivity index (χ2n) is 4.64. The molecule has 2 aromatic carbocycles. The molecule has 17 heavy (non-hydrogen) atoms. The topological polar surface area (TPSA) is 17.1 Å². The summed E-state index contributed by atoms with van der Waals surface area (Å²) in [5.41, 5.74) is 4.38. The van der Waals surface area contributed by atoms with Crippen molar-refractivity contribution in [3.8, 4) is 0 Å². The molecule has 1 aliphatic carbocycles. The van der Waals surface area contributed by atoms with Gasteiger partial charge in [0.05, 0.1) is 5.92 Å². The summed E-state index contributed by atoms with van der Waals surface area (Å²) in [6, 6.07) is 16.2. The number of benzene rings is 2. The zero-order valence-corrected chi connectivity index (χ0v) is 9.81. The molecule has 0 saturated heterocycles. The molecule has 1 nitrogen and oxygen atoms in total. The number of fused-ring (bicyclic) bond motifs is 1. The summed E-state index contributed by atoms with van der Waals surface area (Å²) >= 11 is 0. The van der Waals surface area contributed by atoms with E-state index in [2.05, 4.69) is 6.07 Å². The van der Waals surface area contributed by atoms with E-state index >= 15 is 0 Å². The molecule has 0 fully saturated rings. The van der Waals surface area contributed by atoms with E-state index in [1.54, 1.807) is 0 Å². The van der Waals surface area contributed by atoms with Crippen LogP contribution in [-0.2, 0) is 6.42 Å². The quantitative estimate of drug-likeness (QED) is 0.721. The van der Waals surface area contributed by atoms with Crippen molar-refractivity contribution >= 4 is 5.78 Å². The minimum Gasteiger partial charge on any atom is -0.293 e. The number of aryl methyl sites for hydroxylation is 1. The number of ketones is 1. The number of hydrogen-bond donors (Lipinski definition) is 0. The van der Waals surface area contributed by atoms with E-state index in [9.17, 15) is 4.79 Å². The molecule has 0 spiro atoms. The van der Waals surface area contributed by atoms with Crippen LogP contribution in [-0.4, -0.2) is 5.78 Å². The third kappa shape index (κ3) is 1.59. The zero-order chi connectivity index (χ0) is 11.8. The molecule has 0 amide bonds. The Morgan fingerprint density at radius 3 is 2.47 bits per heavy atom. The molecule has 1 aliphatic rings. The second kappa shape index (κ2) is 3.85. The molecule has 84 valence electrons. The zero-order valence-electron chi connectivity index (χ0n) is 9.81. The van der Waals surface area contributed by atoms with Crippen molar-refractivity contribution in [3.63, 3.8) is 0 Å². The van der Waals surface area contributed by atoms with Crippen LogP contribution in [0.1, 0.15) is 33.0 Å². The minimum absolute atomic E-state index is 0.0206. The van der Waals surface area contributed by atoms with Crippen molar-refractivity contribution in [2.45, 2.75) is 19.3 Å². The molecule has 0 radical (unpaired) electrons. The first-order chi connectivity index (χ1) is 8.27. The van der Waals surface area contributed by atoms with Gasteiger partial charge in [0.2, 0.25) is 0 Å². The summed E-state index contributed by atoms with van der Waals surface area (Å²) in [4.78, 5) is 12.4. The van der Waals surface area contributed by atoms with Crippen LogP contribution in [0.5, 0.6) is 0 Å². The van der Waals surface area contributed by atoms with Crippen LogP contribution in [0.2, 0.25) is 0 Å². The standard InChI is InChI=1S/C16H14O/c1-11-6-5-9-13-10-14(16(17)15(11)13)12-7-3-2-4-8-12/h2-9,14H,10H2,1H3. The first-order valence-corrected chi connectivity index (χ1v) is 5.95. The molecule has 1 unspecified atom stereocenters. The lowest BCUT2D eigenvalue weighted by molar-refractivity contribution is 0.0972. The fraction of sp³-hybridized carbons (Fsp3) is 0.188. The lowest BCUT2D eigenvalue weighted by Crippen LogP contribution is -2.07. The van der Waals surface area contributed by atoms with E-state index in [0.717, 1.165) is 23.1 Å². The Morgan fingerprint density at radius 2 is 1.76 bits per heavy atom. The fourth-order valence-electron chi connectivity index (χ4n) is 2.69. The molecular weight excluding hydrogens is 208 g/mol. The molecule has 0 saturated carbocycles. The second-order valence-corrected chi connectivity index (χ2v) is 4.64. The highest BCUT2D eigenvalue weighted by Crippen LogP contribution is 2.35. The maximum atomic E-state index is 12.4. The smallest absolute Gasteiger partial charge is 0.171 e. The molecule has 3 rings (SSSR count). The van der Waals surface area contributed by atoms with Crippen LogP contribution in [0, 0.1) is 6.92 Å². The molecule has 2 aromatic rings. The van der Waals surface area contributed by atoms with Crippen molar-refractivity contribution in [1.82, 2.24) is 0 Å². The van der Waals surface area contributed by atoms with E-state index in [4.69, 9.17) is 0 Å². The summed E-state index contributed by atoms with van der Waals surface area (Å²) in [6.45, 7) is 2.02. The third-order valence-electron chi connectivity index (χ3n) is 3.55. The van der Waals surface area contributed by atoms with E-state index in [-0.39, 0.29) is 11.7 Å². The molecule has 1 atom stereocenters. The lowest BCUT2D eigenvalue weighted by Gasteiger charge is -2.07. The summed E-state index contributed by atoms with van der Waals surface area (Å²) < 4.78 is 0. The number of carbonyl (C=O) groups excluding carboxylic acids is 1. The Bertz CT molecular complexity index is 569. The van der Waals surface area contributed by atoms with E-state index in [0.29, 0.717) is 0 Å². The lowest BCUT2D eigenvalue weighted by atomic mass is 9.95. The van der Waals surface area contributed by atoms with Gasteiger partial charge in [0.15, 0.2) is 5.78 Å². The van der Waals surface area contributed by atoms with Crippen molar-refractivity contribution in [2.24, 2.45) is 0 Å². The van der Waals surface area contributed by atoms with Crippen LogP contribution in [0.4, 0.5) is 0 Å². The Kier molecular flexibility index (Phi) is 2.32. The van der Waals surface area contributed by atoms with Gasteiger partial charge in [-0.25, -0.2) is 0 Å². The van der Waals surface area contributed by atoms with Crippen LogP contribution >= 0.6 is 0 Å². The van der Waals surface area contributed by atoms with Gasteiger partial charge in [-0.3, -0.25) is 4.79 Å². The summed E-state index contributed by atoms with van der Waals surface area (Å²) in [5.74, 6) is 0.302. The van der Waals surface area contributed by atoms with Gasteiger partial charge in [0.1, 0.15) is 0 Å². The summed E-state index contributed by atoms with van der Waals surface area (Å²) in [6.07, 6.45) is 0.847. The molecular formula is C16H14O. The molecule has 1 heteroatoms. The molecule has 0 heterocycles. The van der Waals surface area contributed by atoms with E-state index in [1.807, 2.05) is 49.4 Å². The molecule has 0 bridgehead atoms.